The largest absolute Gasteiger partial charge is 0.390 e. The molecule has 1 saturated carbocycles. The minimum Gasteiger partial charge on any atom is -0.390 e. The lowest BCUT2D eigenvalue weighted by molar-refractivity contribution is -0.0264. The normalized spacial score (nSPS) is 26.6. The van der Waals surface area contributed by atoms with Crippen molar-refractivity contribution in [3.63, 3.8) is 0 Å². The minimum atomic E-state index is -1.14. The Morgan fingerprint density at radius 1 is 1.22 bits per heavy atom. The molecule has 0 radical (unpaired) electrons. The quantitative estimate of drug-likeness (QED) is 0.638. The van der Waals surface area contributed by atoms with Gasteiger partial charge in [-0.05, 0) is 37.1 Å². The van der Waals surface area contributed by atoms with Gasteiger partial charge in [-0.2, -0.15) is 0 Å². The molecule has 0 amide bonds. The highest BCUT2D eigenvalue weighted by Gasteiger charge is 2.46. The van der Waals surface area contributed by atoms with Crippen LogP contribution in [0.1, 0.15) is 29.8 Å². The lowest BCUT2D eigenvalue weighted by Gasteiger charge is -2.22. The lowest BCUT2D eigenvalue weighted by atomic mass is 9.92. The highest BCUT2D eigenvalue weighted by atomic mass is 35.5. The second-order valence-corrected chi connectivity index (χ2v) is 7.39. The average Bonchev–Trinajstić information content (AvgIpc) is 3.20. The predicted octanol–water partition coefficient (Wildman–Crippen LogP) is 2.55. The summed E-state index contributed by atoms with van der Waals surface area (Å²) in [5.74, 6) is -1.21. The van der Waals surface area contributed by atoms with Crippen molar-refractivity contribution in [3.8, 4) is 0 Å². The molecule has 1 aromatic carbocycles. The van der Waals surface area contributed by atoms with E-state index >= 15 is 0 Å². The molecule has 1 aliphatic carbocycles. The van der Waals surface area contributed by atoms with E-state index in [1.807, 2.05) is 17.6 Å². The van der Waals surface area contributed by atoms with Gasteiger partial charge < -0.3 is 19.9 Å². The smallest absolute Gasteiger partial charge is 0.143 e. The standard InChI is InChI=1S/C19H19ClFN3O3/c1-9-11-4-5-24(19(11)23-8-22-9)15-7-12(17(26)18(15)27)16(25)10-2-3-14(21)13(20)6-10/h2-6,8,12,15-18,25-27H,7H2,1H3/t12?,15?,16-,17+,18-/m0/s1. The van der Waals surface area contributed by atoms with Crippen molar-refractivity contribution in [2.24, 2.45) is 5.92 Å². The fourth-order valence-electron chi connectivity index (χ4n) is 3.94. The highest BCUT2D eigenvalue weighted by molar-refractivity contribution is 6.30. The molecule has 0 saturated heterocycles. The SMILES string of the molecule is Cc1ncnc2c1ccn2C1CC([C@@H](O)c2ccc(F)c(Cl)c2)[C@@H](O)[C@H]1O. The maximum Gasteiger partial charge on any atom is 0.143 e. The third-order valence-corrected chi connectivity index (χ3v) is 5.74. The Labute approximate surface area is 159 Å². The van der Waals surface area contributed by atoms with Gasteiger partial charge in [0.2, 0.25) is 0 Å². The topological polar surface area (TPSA) is 91.4 Å². The van der Waals surface area contributed by atoms with Gasteiger partial charge in [0.25, 0.3) is 0 Å². The first kappa shape index (κ1) is 18.3. The lowest BCUT2D eigenvalue weighted by Crippen LogP contribution is -2.31. The van der Waals surface area contributed by atoms with Crippen LogP contribution in [0.15, 0.2) is 36.8 Å². The number of halogens is 2. The second kappa shape index (κ2) is 6.83. The van der Waals surface area contributed by atoms with Crippen molar-refractivity contribution in [2.45, 2.75) is 37.7 Å². The number of rotatable bonds is 3. The van der Waals surface area contributed by atoms with Gasteiger partial charge in [-0.1, -0.05) is 17.7 Å². The molecule has 1 fully saturated rings. The molecule has 8 heteroatoms. The van der Waals surface area contributed by atoms with Crippen LogP contribution in [-0.2, 0) is 0 Å². The number of aliphatic hydroxyl groups excluding tert-OH is 3. The van der Waals surface area contributed by atoms with Crippen LogP contribution in [0.5, 0.6) is 0 Å². The van der Waals surface area contributed by atoms with E-state index in [1.165, 1.54) is 24.5 Å². The molecule has 0 bridgehead atoms. The zero-order valence-corrected chi connectivity index (χ0v) is 15.3. The molecule has 142 valence electrons. The van der Waals surface area contributed by atoms with Gasteiger partial charge in [0.1, 0.15) is 23.9 Å². The molecule has 3 aromatic rings. The first-order chi connectivity index (χ1) is 12.9. The highest BCUT2D eigenvalue weighted by Crippen LogP contribution is 2.43. The zero-order valence-electron chi connectivity index (χ0n) is 14.5. The van der Waals surface area contributed by atoms with Crippen LogP contribution in [0, 0.1) is 18.7 Å². The third-order valence-electron chi connectivity index (χ3n) is 5.45. The first-order valence-corrected chi connectivity index (χ1v) is 9.03. The van der Waals surface area contributed by atoms with Gasteiger partial charge in [0, 0.05) is 17.5 Å². The molecule has 4 rings (SSSR count). The van der Waals surface area contributed by atoms with Crippen molar-refractivity contribution in [1.29, 1.82) is 0 Å². The number of hydrogen-bond donors (Lipinski definition) is 3. The summed E-state index contributed by atoms with van der Waals surface area (Å²) < 4.78 is 15.2. The molecule has 5 atom stereocenters. The van der Waals surface area contributed by atoms with Gasteiger partial charge in [-0.25, -0.2) is 14.4 Å². The molecule has 2 heterocycles. The number of nitrogens with zero attached hydrogens (tertiary/aromatic N) is 3. The Morgan fingerprint density at radius 3 is 2.74 bits per heavy atom. The molecule has 3 N–H and O–H groups in total. The fourth-order valence-corrected chi connectivity index (χ4v) is 4.13. The average molecular weight is 392 g/mol. The monoisotopic (exact) mass is 391 g/mol. The van der Waals surface area contributed by atoms with E-state index in [9.17, 15) is 19.7 Å². The number of hydrogen-bond acceptors (Lipinski definition) is 5. The molecule has 2 aromatic heterocycles. The fraction of sp³-hybridized carbons (Fsp3) is 0.368. The van der Waals surface area contributed by atoms with E-state index < -0.39 is 36.1 Å². The molecule has 27 heavy (non-hydrogen) atoms. The van der Waals surface area contributed by atoms with Crippen LogP contribution in [0.25, 0.3) is 11.0 Å². The van der Waals surface area contributed by atoms with Crippen molar-refractivity contribution >= 4 is 22.6 Å². The van der Waals surface area contributed by atoms with Crippen LogP contribution in [0.3, 0.4) is 0 Å². The van der Waals surface area contributed by atoms with Crippen LogP contribution < -0.4 is 0 Å². The Hall–Kier alpha value is -2.06. The second-order valence-electron chi connectivity index (χ2n) is 6.99. The summed E-state index contributed by atoms with van der Waals surface area (Å²) in [5.41, 5.74) is 1.89. The number of aryl methyl sites for hydroxylation is 1. The Kier molecular flexibility index (Phi) is 4.63. The zero-order chi connectivity index (χ0) is 19.3. The first-order valence-electron chi connectivity index (χ1n) is 8.65. The van der Waals surface area contributed by atoms with Crippen LogP contribution >= 0.6 is 11.6 Å². The molecule has 0 spiro atoms. The maximum absolute atomic E-state index is 13.4. The Balaban J connectivity index is 1.66. The van der Waals surface area contributed by atoms with E-state index in [0.29, 0.717) is 17.6 Å². The Bertz CT molecular complexity index is 995. The van der Waals surface area contributed by atoms with Gasteiger partial charge in [-0.3, -0.25) is 0 Å². The van der Waals surface area contributed by atoms with Crippen molar-refractivity contribution in [2.75, 3.05) is 0 Å². The number of aliphatic hydroxyl groups is 3. The van der Waals surface area contributed by atoms with Crippen molar-refractivity contribution < 1.29 is 19.7 Å². The molecule has 1 aliphatic rings. The van der Waals surface area contributed by atoms with Crippen LogP contribution in [-0.4, -0.2) is 42.1 Å². The molecular weight excluding hydrogens is 373 g/mol. The van der Waals surface area contributed by atoms with E-state index in [2.05, 4.69) is 9.97 Å². The van der Waals surface area contributed by atoms with Crippen molar-refractivity contribution in [1.82, 2.24) is 14.5 Å². The van der Waals surface area contributed by atoms with E-state index in [4.69, 9.17) is 11.6 Å². The molecule has 2 unspecified atom stereocenters. The van der Waals surface area contributed by atoms with E-state index in [-0.39, 0.29) is 5.02 Å². The van der Waals surface area contributed by atoms with E-state index in [1.54, 1.807) is 6.20 Å². The third kappa shape index (κ3) is 3.00. The molecule has 6 nitrogen and oxygen atoms in total. The minimum absolute atomic E-state index is 0.0975. The number of aromatic nitrogens is 3. The van der Waals surface area contributed by atoms with Gasteiger partial charge in [0.15, 0.2) is 0 Å². The summed E-state index contributed by atoms with van der Waals surface area (Å²) in [4.78, 5) is 8.45. The number of fused-ring (bicyclic) bond motifs is 1. The van der Waals surface area contributed by atoms with Gasteiger partial charge in [0.05, 0.1) is 29.0 Å². The number of benzene rings is 1. The summed E-state index contributed by atoms with van der Waals surface area (Å²) in [6.45, 7) is 1.87. The molecule has 0 aliphatic heterocycles. The van der Waals surface area contributed by atoms with Crippen LogP contribution in [0.2, 0.25) is 5.02 Å². The molecular formula is C19H19ClFN3O3. The van der Waals surface area contributed by atoms with Gasteiger partial charge in [-0.15, -0.1) is 0 Å². The van der Waals surface area contributed by atoms with Crippen LogP contribution in [0.4, 0.5) is 4.39 Å². The summed E-state index contributed by atoms with van der Waals surface area (Å²) in [5, 5.41) is 32.6. The predicted molar refractivity (Wildman–Crippen MR) is 97.8 cm³/mol. The summed E-state index contributed by atoms with van der Waals surface area (Å²) >= 11 is 5.80. The summed E-state index contributed by atoms with van der Waals surface area (Å²) in [6, 6.07) is 5.36. The summed E-state index contributed by atoms with van der Waals surface area (Å²) in [6.07, 6.45) is 0.275. The summed E-state index contributed by atoms with van der Waals surface area (Å²) in [7, 11) is 0. The Morgan fingerprint density at radius 2 is 2.00 bits per heavy atom. The van der Waals surface area contributed by atoms with E-state index in [0.717, 1.165) is 11.1 Å². The maximum atomic E-state index is 13.4. The van der Waals surface area contributed by atoms with Crippen molar-refractivity contribution in [3.05, 3.63) is 58.9 Å². The van der Waals surface area contributed by atoms with Gasteiger partial charge >= 0.3 is 0 Å².